The normalized spacial score (nSPS) is 15.5. The number of carbonyl (C=O) groups excluding carboxylic acids is 1. The molecule has 4 aromatic rings. The van der Waals surface area contributed by atoms with Crippen molar-refractivity contribution >= 4 is 40.7 Å². The average molecular weight is 565 g/mol. The van der Waals surface area contributed by atoms with E-state index in [1.807, 2.05) is 32.0 Å². The molecule has 42 heavy (non-hydrogen) atoms. The fourth-order valence-electron chi connectivity index (χ4n) is 5.62. The van der Waals surface area contributed by atoms with Crippen molar-refractivity contribution in [3.05, 3.63) is 83.2 Å². The van der Waals surface area contributed by atoms with Gasteiger partial charge in [0, 0.05) is 49.3 Å². The number of anilines is 6. The Morgan fingerprint density at radius 2 is 1.64 bits per heavy atom. The van der Waals surface area contributed by atoms with Crippen molar-refractivity contribution in [2.45, 2.75) is 27.3 Å². The summed E-state index contributed by atoms with van der Waals surface area (Å²) in [4.78, 5) is 36.3. The number of carbonyl (C=O) groups is 1. The molecule has 216 valence electrons. The zero-order valence-corrected chi connectivity index (χ0v) is 24.8. The number of rotatable bonds is 6. The molecule has 0 bridgehead atoms. The number of ether oxygens (including phenoxy) is 1. The predicted molar refractivity (Wildman–Crippen MR) is 167 cm³/mol. The van der Waals surface area contributed by atoms with Crippen LogP contribution in [-0.2, 0) is 6.54 Å². The Morgan fingerprint density at radius 1 is 0.881 bits per heavy atom. The Hall–Kier alpha value is -4.70. The lowest BCUT2D eigenvalue weighted by atomic mass is 10.1. The van der Waals surface area contributed by atoms with Crippen LogP contribution in [0.1, 0.15) is 22.3 Å². The van der Waals surface area contributed by atoms with Gasteiger partial charge < -0.3 is 19.9 Å². The van der Waals surface area contributed by atoms with Gasteiger partial charge >= 0.3 is 6.03 Å². The van der Waals surface area contributed by atoms with Crippen LogP contribution in [-0.4, -0.2) is 66.2 Å². The topological polar surface area (TPSA) is 90.0 Å². The van der Waals surface area contributed by atoms with Crippen LogP contribution in [0.3, 0.4) is 0 Å². The lowest BCUT2D eigenvalue weighted by molar-refractivity contribution is 0.252. The molecule has 0 saturated carbocycles. The molecule has 2 aromatic carbocycles. The Kier molecular flexibility index (Phi) is 7.38. The fraction of sp³-hybridized carbons (Fsp3) is 0.312. The summed E-state index contributed by atoms with van der Waals surface area (Å²) in [5.41, 5.74) is 6.96. The number of urea groups is 1. The minimum Gasteiger partial charge on any atom is -0.495 e. The van der Waals surface area contributed by atoms with Gasteiger partial charge in [0.05, 0.1) is 25.5 Å². The summed E-state index contributed by atoms with van der Waals surface area (Å²) in [6.45, 7) is 10.6. The second kappa shape index (κ2) is 11.3. The number of benzene rings is 2. The highest BCUT2D eigenvalue weighted by Crippen LogP contribution is 2.38. The van der Waals surface area contributed by atoms with Gasteiger partial charge in [-0.1, -0.05) is 18.2 Å². The number of likely N-dealkylation sites (N-methyl/N-ethyl adjacent to an activating group) is 1. The zero-order chi connectivity index (χ0) is 29.4. The van der Waals surface area contributed by atoms with Gasteiger partial charge in [-0.25, -0.2) is 19.7 Å². The maximum atomic E-state index is 14.2. The average Bonchev–Trinajstić information content (AvgIpc) is 2.99. The summed E-state index contributed by atoms with van der Waals surface area (Å²) >= 11 is 0. The van der Waals surface area contributed by atoms with E-state index in [9.17, 15) is 4.79 Å². The first-order valence-corrected chi connectivity index (χ1v) is 14.2. The Labute approximate surface area is 246 Å². The molecule has 1 saturated heterocycles. The van der Waals surface area contributed by atoms with Crippen LogP contribution in [0.4, 0.5) is 39.4 Å². The van der Waals surface area contributed by atoms with Crippen molar-refractivity contribution < 1.29 is 9.53 Å². The molecular weight excluding hydrogens is 528 g/mol. The van der Waals surface area contributed by atoms with Gasteiger partial charge in [-0.3, -0.25) is 4.90 Å². The maximum Gasteiger partial charge on any atom is 0.336 e. The summed E-state index contributed by atoms with van der Waals surface area (Å²) < 4.78 is 5.31. The molecule has 0 spiro atoms. The van der Waals surface area contributed by atoms with Crippen molar-refractivity contribution in [1.29, 1.82) is 0 Å². The van der Waals surface area contributed by atoms with Gasteiger partial charge in [-0.05, 0) is 74.8 Å². The van der Waals surface area contributed by atoms with Crippen molar-refractivity contribution in [3.63, 3.8) is 0 Å². The largest absolute Gasteiger partial charge is 0.495 e. The molecule has 2 amide bonds. The van der Waals surface area contributed by atoms with Gasteiger partial charge in [0.2, 0.25) is 5.95 Å². The second-order valence-electron chi connectivity index (χ2n) is 11.0. The molecule has 4 heterocycles. The van der Waals surface area contributed by atoms with Crippen LogP contribution >= 0.6 is 0 Å². The molecule has 2 aromatic heterocycles. The molecule has 0 aliphatic carbocycles. The van der Waals surface area contributed by atoms with Gasteiger partial charge in [-0.2, -0.15) is 4.98 Å². The van der Waals surface area contributed by atoms with Gasteiger partial charge in [0.15, 0.2) is 5.82 Å². The summed E-state index contributed by atoms with van der Waals surface area (Å²) in [5.74, 6) is 1.98. The number of pyridine rings is 1. The molecule has 0 unspecified atom stereocenters. The van der Waals surface area contributed by atoms with Gasteiger partial charge in [-0.15, -0.1) is 0 Å². The summed E-state index contributed by atoms with van der Waals surface area (Å²) in [6.07, 6.45) is 3.40. The predicted octanol–water partition coefficient (Wildman–Crippen LogP) is 5.58. The highest BCUT2D eigenvalue weighted by molar-refractivity contribution is 6.10. The van der Waals surface area contributed by atoms with Crippen molar-refractivity contribution in [2.75, 3.05) is 60.4 Å². The summed E-state index contributed by atoms with van der Waals surface area (Å²) in [7, 11) is 3.75. The van der Waals surface area contributed by atoms with E-state index in [1.54, 1.807) is 41.4 Å². The van der Waals surface area contributed by atoms with Crippen LogP contribution in [0, 0.1) is 20.8 Å². The molecule has 0 atom stereocenters. The van der Waals surface area contributed by atoms with Gasteiger partial charge in [0.25, 0.3) is 0 Å². The smallest absolute Gasteiger partial charge is 0.336 e. The first-order chi connectivity index (χ1) is 20.3. The van der Waals surface area contributed by atoms with E-state index in [1.165, 1.54) is 5.69 Å². The summed E-state index contributed by atoms with van der Waals surface area (Å²) in [6, 6.07) is 15.8. The minimum absolute atomic E-state index is 0.227. The highest BCUT2D eigenvalue weighted by Gasteiger charge is 2.36. The van der Waals surface area contributed by atoms with Gasteiger partial charge in [0.1, 0.15) is 11.6 Å². The molecule has 6 rings (SSSR count). The number of hydrogen-bond acceptors (Lipinski definition) is 8. The maximum absolute atomic E-state index is 14.2. The van der Waals surface area contributed by atoms with E-state index < -0.39 is 0 Å². The van der Waals surface area contributed by atoms with E-state index >= 15 is 0 Å². The van der Waals surface area contributed by atoms with E-state index in [2.05, 4.69) is 57.3 Å². The number of nitrogens with zero attached hydrogens (tertiary/aromatic N) is 7. The van der Waals surface area contributed by atoms with Crippen LogP contribution < -0.4 is 24.8 Å². The number of fused-ring (bicyclic) bond motifs is 1. The number of methoxy groups -OCH3 is 1. The Bertz CT molecular complexity index is 1600. The zero-order valence-electron chi connectivity index (χ0n) is 24.8. The van der Waals surface area contributed by atoms with E-state index in [-0.39, 0.29) is 6.03 Å². The second-order valence-corrected chi connectivity index (χ2v) is 11.0. The molecule has 10 heteroatoms. The first kappa shape index (κ1) is 27.5. The SMILES string of the molecule is COc1ccc(N2C(=O)N(c3c(C)cccc3C)Cc3cnc(Nc4ccc(N5CCN(C)CC5)cc4C)nc32)nc1. The third-order valence-corrected chi connectivity index (χ3v) is 8.02. The number of aryl methyl sites for hydroxylation is 3. The van der Waals surface area contributed by atoms with Crippen LogP contribution in [0.15, 0.2) is 60.9 Å². The molecule has 2 aliphatic heterocycles. The van der Waals surface area contributed by atoms with E-state index in [0.717, 1.165) is 59.8 Å². The first-order valence-electron chi connectivity index (χ1n) is 14.2. The number of para-hydroxylation sites is 1. The van der Waals surface area contributed by atoms with Crippen LogP contribution in [0.25, 0.3) is 0 Å². The summed E-state index contributed by atoms with van der Waals surface area (Å²) in [5, 5.41) is 3.38. The highest BCUT2D eigenvalue weighted by atomic mass is 16.5. The molecule has 1 N–H and O–H groups in total. The third-order valence-electron chi connectivity index (χ3n) is 8.02. The fourth-order valence-corrected chi connectivity index (χ4v) is 5.62. The van der Waals surface area contributed by atoms with Crippen molar-refractivity contribution in [1.82, 2.24) is 19.9 Å². The Morgan fingerprint density at radius 3 is 2.31 bits per heavy atom. The number of amides is 2. The van der Waals surface area contributed by atoms with Crippen LogP contribution in [0.2, 0.25) is 0 Å². The number of piperazine rings is 1. The quantitative estimate of drug-likeness (QED) is 0.325. The number of hydrogen-bond donors (Lipinski definition) is 1. The lowest BCUT2D eigenvalue weighted by Gasteiger charge is -2.36. The molecular formula is C32H36N8O2. The molecule has 10 nitrogen and oxygen atoms in total. The van der Waals surface area contributed by atoms with Crippen molar-refractivity contribution in [3.8, 4) is 5.75 Å². The Balaban J connectivity index is 1.34. The standard InChI is InChI=1S/C32H36N8O2/c1-21-7-6-8-22(2)29(21)39-20-24-18-34-31(36-30(24)40(32(39)41)28-12-10-26(42-5)19-33-28)35-27-11-9-25(17-23(27)3)38-15-13-37(4)14-16-38/h6-12,17-19H,13-16,20H2,1-5H3,(H,34,35,36). The van der Waals surface area contributed by atoms with Crippen LogP contribution in [0.5, 0.6) is 5.75 Å². The van der Waals surface area contributed by atoms with Crippen molar-refractivity contribution in [2.24, 2.45) is 0 Å². The van der Waals surface area contributed by atoms with E-state index in [4.69, 9.17) is 9.72 Å². The third kappa shape index (κ3) is 5.21. The molecule has 2 aliphatic rings. The number of nitrogens with one attached hydrogen (secondary N) is 1. The molecule has 0 radical (unpaired) electrons. The van der Waals surface area contributed by atoms with E-state index in [0.29, 0.717) is 29.9 Å². The molecule has 1 fully saturated rings. The minimum atomic E-state index is -0.227. The number of aromatic nitrogens is 3. The monoisotopic (exact) mass is 564 g/mol. The lowest BCUT2D eigenvalue weighted by Crippen LogP contribution is -2.46.